The van der Waals surface area contributed by atoms with Crippen molar-refractivity contribution in [2.24, 2.45) is 17.8 Å². The highest BCUT2D eigenvalue weighted by atomic mass is 16.5. The molecule has 0 aromatic rings. The molecule has 144 valence electrons. The Bertz CT molecular complexity index is 417. The molecule has 0 aliphatic carbocycles. The van der Waals surface area contributed by atoms with Crippen LogP contribution in [0.15, 0.2) is 0 Å². The molecule has 5 heteroatoms. The topological polar surface area (TPSA) is 44.8 Å². The van der Waals surface area contributed by atoms with Gasteiger partial charge < -0.3 is 19.9 Å². The lowest BCUT2D eigenvalue weighted by Crippen LogP contribution is -2.50. The van der Waals surface area contributed by atoms with Crippen LogP contribution in [0.25, 0.3) is 0 Å². The van der Waals surface area contributed by atoms with E-state index in [1.54, 1.807) is 0 Å². The van der Waals surface area contributed by atoms with Gasteiger partial charge in [0.15, 0.2) is 0 Å². The number of amides is 1. The number of likely N-dealkylation sites (tertiary alicyclic amines) is 2. The van der Waals surface area contributed by atoms with Crippen molar-refractivity contribution in [3.05, 3.63) is 0 Å². The van der Waals surface area contributed by atoms with Gasteiger partial charge in [0.2, 0.25) is 5.91 Å². The first-order valence-corrected chi connectivity index (χ1v) is 10.4. The van der Waals surface area contributed by atoms with Crippen LogP contribution in [-0.2, 0) is 9.53 Å². The molecule has 0 aromatic carbocycles. The minimum absolute atomic E-state index is 0.140. The van der Waals surface area contributed by atoms with Gasteiger partial charge >= 0.3 is 0 Å². The van der Waals surface area contributed by atoms with E-state index in [1.165, 1.54) is 32.5 Å². The normalized spacial score (nSPS) is 31.7. The Balaban J connectivity index is 1.52. The zero-order valence-corrected chi connectivity index (χ0v) is 16.2. The highest BCUT2D eigenvalue weighted by Gasteiger charge is 2.33. The van der Waals surface area contributed by atoms with Crippen molar-refractivity contribution in [1.82, 2.24) is 15.1 Å². The van der Waals surface area contributed by atoms with Gasteiger partial charge in [-0.2, -0.15) is 0 Å². The predicted molar refractivity (Wildman–Crippen MR) is 101 cm³/mol. The number of nitrogens with zero attached hydrogens (tertiary/aromatic N) is 2. The average Bonchev–Trinajstić information content (AvgIpc) is 3.25. The Morgan fingerprint density at radius 2 is 1.96 bits per heavy atom. The fourth-order valence-corrected chi connectivity index (χ4v) is 4.78. The molecule has 5 nitrogen and oxygen atoms in total. The predicted octanol–water partition coefficient (Wildman–Crippen LogP) is 1.97. The Hall–Kier alpha value is -0.650. The molecule has 0 radical (unpaired) electrons. The van der Waals surface area contributed by atoms with Crippen LogP contribution in [0.4, 0.5) is 0 Å². The van der Waals surface area contributed by atoms with E-state index >= 15 is 0 Å². The lowest BCUT2D eigenvalue weighted by atomic mass is 9.87. The molecule has 3 heterocycles. The molecule has 3 fully saturated rings. The molecule has 3 aliphatic heterocycles. The third-order valence-corrected chi connectivity index (χ3v) is 5.85. The lowest BCUT2D eigenvalue weighted by Gasteiger charge is -2.39. The molecule has 0 saturated carbocycles. The van der Waals surface area contributed by atoms with Gasteiger partial charge in [-0.1, -0.05) is 13.8 Å². The second-order valence-corrected chi connectivity index (χ2v) is 8.80. The van der Waals surface area contributed by atoms with Crippen molar-refractivity contribution in [2.45, 2.75) is 52.1 Å². The van der Waals surface area contributed by atoms with Gasteiger partial charge in [-0.05, 0) is 57.0 Å². The first kappa shape index (κ1) is 19.1. The largest absolute Gasteiger partial charge is 0.376 e. The van der Waals surface area contributed by atoms with Crippen LogP contribution < -0.4 is 5.32 Å². The fraction of sp³-hybridized carbons (Fsp3) is 0.950. The second kappa shape index (κ2) is 9.33. The molecule has 3 atom stereocenters. The zero-order chi connectivity index (χ0) is 17.6. The highest BCUT2D eigenvalue weighted by Crippen LogP contribution is 2.25. The average molecular weight is 352 g/mol. The lowest BCUT2D eigenvalue weighted by molar-refractivity contribution is -0.128. The summed E-state index contributed by atoms with van der Waals surface area (Å²) in [6.45, 7) is 12.9. The summed E-state index contributed by atoms with van der Waals surface area (Å²) in [5, 5.41) is 3.18. The van der Waals surface area contributed by atoms with Gasteiger partial charge in [-0.25, -0.2) is 0 Å². The maximum absolute atomic E-state index is 12.8. The smallest absolute Gasteiger partial charge is 0.224 e. The van der Waals surface area contributed by atoms with Crippen LogP contribution in [0.1, 0.15) is 46.0 Å². The van der Waals surface area contributed by atoms with E-state index in [0.29, 0.717) is 18.4 Å². The minimum Gasteiger partial charge on any atom is -0.376 e. The number of nitrogens with one attached hydrogen (secondary N) is 1. The van der Waals surface area contributed by atoms with Crippen LogP contribution in [0.5, 0.6) is 0 Å². The molecule has 1 amide bonds. The van der Waals surface area contributed by atoms with Crippen molar-refractivity contribution in [3.8, 4) is 0 Å². The molecule has 0 aromatic heterocycles. The summed E-state index contributed by atoms with van der Waals surface area (Å²) in [5.74, 6) is 1.67. The second-order valence-electron chi connectivity index (χ2n) is 8.80. The Labute approximate surface area is 153 Å². The van der Waals surface area contributed by atoms with E-state index in [9.17, 15) is 4.79 Å². The zero-order valence-electron chi connectivity index (χ0n) is 16.2. The van der Waals surface area contributed by atoms with E-state index in [1.807, 2.05) is 0 Å². The summed E-state index contributed by atoms with van der Waals surface area (Å²) in [6, 6.07) is 0. The first-order chi connectivity index (χ1) is 12.1. The third kappa shape index (κ3) is 5.93. The molecular weight excluding hydrogens is 314 g/mol. The summed E-state index contributed by atoms with van der Waals surface area (Å²) >= 11 is 0. The number of piperidine rings is 1. The van der Waals surface area contributed by atoms with E-state index in [0.717, 1.165) is 45.5 Å². The SMILES string of the molecule is CC(C)CN1C[C@@H](CN2CCCC2)C[C@@H](C(=O)NC[C@H]2CCCO2)C1. The van der Waals surface area contributed by atoms with Crippen molar-refractivity contribution in [2.75, 3.05) is 52.4 Å². The van der Waals surface area contributed by atoms with Gasteiger partial charge in [-0.15, -0.1) is 0 Å². The molecule has 3 aliphatic rings. The summed E-state index contributed by atoms with van der Waals surface area (Å²) in [6.07, 6.45) is 6.18. The maximum Gasteiger partial charge on any atom is 0.224 e. The Kier molecular flexibility index (Phi) is 7.14. The van der Waals surface area contributed by atoms with Crippen molar-refractivity contribution >= 4 is 5.91 Å². The van der Waals surface area contributed by atoms with E-state index < -0.39 is 0 Å². The minimum atomic E-state index is 0.140. The number of carbonyl (C=O) groups excluding carboxylic acids is 1. The van der Waals surface area contributed by atoms with Gasteiger partial charge in [0.25, 0.3) is 0 Å². The van der Waals surface area contributed by atoms with Crippen molar-refractivity contribution in [3.63, 3.8) is 0 Å². The summed E-state index contributed by atoms with van der Waals surface area (Å²) < 4.78 is 5.64. The molecule has 0 spiro atoms. The number of hydrogen-bond acceptors (Lipinski definition) is 4. The Morgan fingerprint density at radius 3 is 2.64 bits per heavy atom. The van der Waals surface area contributed by atoms with Crippen molar-refractivity contribution < 1.29 is 9.53 Å². The summed E-state index contributed by atoms with van der Waals surface area (Å²) in [5.41, 5.74) is 0. The van der Waals surface area contributed by atoms with Crippen molar-refractivity contribution in [1.29, 1.82) is 0 Å². The molecule has 25 heavy (non-hydrogen) atoms. The third-order valence-electron chi connectivity index (χ3n) is 5.85. The number of carbonyl (C=O) groups is 1. The Morgan fingerprint density at radius 1 is 1.16 bits per heavy atom. The van der Waals surface area contributed by atoms with E-state index in [4.69, 9.17) is 4.74 Å². The quantitative estimate of drug-likeness (QED) is 0.762. The van der Waals surface area contributed by atoms with Gasteiger partial charge in [0.1, 0.15) is 0 Å². The summed E-state index contributed by atoms with van der Waals surface area (Å²) in [7, 11) is 0. The highest BCUT2D eigenvalue weighted by molar-refractivity contribution is 5.79. The molecule has 3 rings (SSSR count). The molecule has 0 bridgehead atoms. The van der Waals surface area contributed by atoms with E-state index in [-0.39, 0.29) is 17.9 Å². The maximum atomic E-state index is 12.8. The monoisotopic (exact) mass is 351 g/mol. The number of rotatable bonds is 7. The van der Waals surface area contributed by atoms with Crippen LogP contribution in [0.3, 0.4) is 0 Å². The fourth-order valence-electron chi connectivity index (χ4n) is 4.78. The van der Waals surface area contributed by atoms with Crippen LogP contribution >= 0.6 is 0 Å². The number of hydrogen-bond donors (Lipinski definition) is 1. The van der Waals surface area contributed by atoms with Crippen LogP contribution in [0, 0.1) is 17.8 Å². The molecular formula is C20H37N3O2. The molecule has 3 saturated heterocycles. The van der Waals surface area contributed by atoms with Crippen LogP contribution in [-0.4, -0.2) is 74.2 Å². The van der Waals surface area contributed by atoms with Gasteiger partial charge in [0.05, 0.1) is 12.0 Å². The first-order valence-electron chi connectivity index (χ1n) is 10.4. The molecule has 0 unspecified atom stereocenters. The standard InChI is InChI=1S/C20H37N3O2/c1-16(2)12-23-14-17(13-22-7-3-4-8-22)10-18(15-23)20(24)21-11-19-6-5-9-25-19/h16-19H,3-15H2,1-2H3,(H,21,24)/t17-,18-,19-/m1/s1. The van der Waals surface area contributed by atoms with Gasteiger partial charge in [0, 0.05) is 39.3 Å². The summed E-state index contributed by atoms with van der Waals surface area (Å²) in [4.78, 5) is 17.9. The van der Waals surface area contributed by atoms with Gasteiger partial charge in [-0.3, -0.25) is 4.79 Å². The number of ether oxygens (including phenoxy) is 1. The van der Waals surface area contributed by atoms with E-state index in [2.05, 4.69) is 29.0 Å². The van der Waals surface area contributed by atoms with Crippen LogP contribution in [0.2, 0.25) is 0 Å². The molecule has 1 N–H and O–H groups in total.